The zero-order chi connectivity index (χ0) is 29.4. The minimum Gasteiger partial charge on any atom is -0.490 e. The number of halogens is 1. The van der Waals surface area contributed by atoms with Crippen molar-refractivity contribution in [2.45, 2.75) is 40.2 Å². The van der Waals surface area contributed by atoms with E-state index in [1.54, 1.807) is 43.3 Å². The number of ether oxygens (including phenoxy) is 3. The number of carbonyl (C=O) groups excluding carboxylic acids is 2. The molecule has 3 heterocycles. The summed E-state index contributed by atoms with van der Waals surface area (Å²) >= 11 is 4.44. The molecule has 0 saturated heterocycles. The van der Waals surface area contributed by atoms with Gasteiger partial charge in [-0.25, -0.2) is 9.78 Å². The molecule has 1 aliphatic rings. The van der Waals surface area contributed by atoms with Gasteiger partial charge in [0.05, 0.1) is 43.0 Å². The molecule has 11 heteroatoms. The fourth-order valence-electron chi connectivity index (χ4n) is 4.71. The highest BCUT2D eigenvalue weighted by Crippen LogP contribution is 2.45. The van der Waals surface area contributed by atoms with E-state index in [2.05, 4.69) is 34.8 Å². The second-order valence-corrected chi connectivity index (χ2v) is 11.9. The molecule has 214 valence electrons. The Hall–Kier alpha value is -3.70. The van der Waals surface area contributed by atoms with E-state index in [4.69, 9.17) is 18.6 Å². The van der Waals surface area contributed by atoms with Crippen LogP contribution in [0.15, 0.2) is 50.1 Å². The summed E-state index contributed by atoms with van der Waals surface area (Å²) in [6.07, 6.45) is 0.876. The number of thiazole rings is 1. The van der Waals surface area contributed by atoms with Gasteiger partial charge in [0, 0.05) is 4.47 Å². The van der Waals surface area contributed by atoms with Gasteiger partial charge in [-0.15, -0.1) is 0 Å². The second kappa shape index (κ2) is 11.7. The maximum Gasteiger partial charge on any atom is 0.350 e. The van der Waals surface area contributed by atoms with Crippen LogP contribution in [-0.2, 0) is 4.74 Å². The molecule has 0 N–H and O–H groups in total. The highest BCUT2D eigenvalue weighted by atomic mass is 79.9. The molecule has 9 nitrogen and oxygen atoms in total. The van der Waals surface area contributed by atoms with Gasteiger partial charge in [-0.2, -0.15) is 0 Å². The Bertz CT molecular complexity index is 1710. The fraction of sp³-hybridized carbons (Fsp3) is 0.333. The Morgan fingerprint density at radius 2 is 1.93 bits per heavy atom. The molecular weight excluding hydrogens is 612 g/mol. The first-order chi connectivity index (χ1) is 19.6. The number of fused-ring (bicyclic) bond motifs is 2. The van der Waals surface area contributed by atoms with Gasteiger partial charge in [0.15, 0.2) is 22.1 Å². The van der Waals surface area contributed by atoms with Gasteiger partial charge in [-0.3, -0.25) is 14.5 Å². The molecule has 0 radical (unpaired) electrons. The predicted molar refractivity (Wildman–Crippen MR) is 160 cm³/mol. The van der Waals surface area contributed by atoms with Crippen LogP contribution in [0.25, 0.3) is 11.0 Å². The van der Waals surface area contributed by atoms with Crippen molar-refractivity contribution in [2.75, 3.05) is 25.2 Å². The van der Waals surface area contributed by atoms with Gasteiger partial charge in [0.25, 0.3) is 5.91 Å². The highest BCUT2D eigenvalue weighted by molar-refractivity contribution is 9.10. The van der Waals surface area contributed by atoms with E-state index in [-0.39, 0.29) is 26.8 Å². The van der Waals surface area contributed by atoms with E-state index >= 15 is 0 Å². The van der Waals surface area contributed by atoms with Gasteiger partial charge in [-0.05, 0) is 62.1 Å². The van der Waals surface area contributed by atoms with Crippen molar-refractivity contribution in [3.63, 3.8) is 0 Å². The summed E-state index contributed by atoms with van der Waals surface area (Å²) in [5, 5.41) is 0.575. The number of esters is 1. The number of nitrogens with zero attached hydrogens (tertiary/aromatic N) is 2. The lowest BCUT2D eigenvalue weighted by Gasteiger charge is -2.23. The molecule has 4 aromatic rings. The molecule has 2 aromatic carbocycles. The lowest BCUT2D eigenvalue weighted by molar-refractivity contribution is 0.0605. The average molecular weight is 642 g/mol. The lowest BCUT2D eigenvalue weighted by Crippen LogP contribution is -2.29. The first-order valence-electron chi connectivity index (χ1n) is 13.2. The second-order valence-electron chi connectivity index (χ2n) is 9.96. The third-order valence-corrected chi connectivity index (χ3v) is 8.36. The monoisotopic (exact) mass is 640 g/mol. The number of methoxy groups -OCH3 is 1. The standard InChI is InChI=1S/C30H29BrN2O7S/c1-6-38-22-13-17(7-9-21(22)39-12-11-15(2)3)24-23-25(34)19-14-18(31)8-10-20(19)40-26(23)28(35)33(24)30-32-16(4)27(41-30)29(36)37-5/h7-10,13-15,24H,6,11-12H2,1-5H3. The maximum atomic E-state index is 14.0. The molecule has 1 unspecified atom stereocenters. The SMILES string of the molecule is CCOc1cc(C2c3c(oc4ccc(Br)cc4c3=O)C(=O)N2c2nc(C)c(C(=O)OC)s2)ccc1OCCC(C)C. The Kier molecular flexibility index (Phi) is 8.19. The number of rotatable bonds is 9. The number of amides is 1. The number of aromatic nitrogens is 1. The number of carbonyl (C=O) groups is 2. The first kappa shape index (κ1) is 28.8. The van der Waals surface area contributed by atoms with Crippen LogP contribution in [0.4, 0.5) is 5.13 Å². The molecule has 1 atom stereocenters. The number of hydrogen-bond donors (Lipinski definition) is 0. The number of hydrogen-bond acceptors (Lipinski definition) is 9. The van der Waals surface area contributed by atoms with Crippen molar-refractivity contribution >= 4 is 55.2 Å². The van der Waals surface area contributed by atoms with Crippen LogP contribution in [-0.4, -0.2) is 37.2 Å². The van der Waals surface area contributed by atoms with Crippen LogP contribution in [0.5, 0.6) is 11.5 Å². The normalized spacial score (nSPS) is 14.6. The number of benzene rings is 2. The van der Waals surface area contributed by atoms with Crippen LogP contribution < -0.4 is 19.8 Å². The molecule has 0 fully saturated rings. The van der Waals surface area contributed by atoms with Gasteiger partial charge < -0.3 is 18.6 Å². The van der Waals surface area contributed by atoms with Crippen molar-refractivity contribution in [2.24, 2.45) is 5.92 Å². The predicted octanol–water partition coefficient (Wildman–Crippen LogP) is 6.68. The van der Waals surface area contributed by atoms with E-state index in [1.165, 1.54) is 12.0 Å². The third kappa shape index (κ3) is 5.36. The van der Waals surface area contributed by atoms with Crippen molar-refractivity contribution in [1.82, 2.24) is 4.98 Å². The lowest BCUT2D eigenvalue weighted by atomic mass is 9.98. The highest BCUT2D eigenvalue weighted by Gasteiger charge is 2.45. The Balaban J connectivity index is 1.70. The molecule has 5 rings (SSSR count). The van der Waals surface area contributed by atoms with E-state index in [0.29, 0.717) is 57.3 Å². The van der Waals surface area contributed by atoms with E-state index in [0.717, 1.165) is 17.8 Å². The molecule has 0 aliphatic carbocycles. The zero-order valence-electron chi connectivity index (χ0n) is 23.3. The minimum absolute atomic E-state index is 0.0717. The van der Waals surface area contributed by atoms with Crippen molar-refractivity contribution in [3.8, 4) is 11.5 Å². The van der Waals surface area contributed by atoms with Crippen LogP contribution >= 0.6 is 27.3 Å². The molecule has 0 saturated carbocycles. The van der Waals surface area contributed by atoms with Crippen molar-refractivity contribution in [3.05, 3.63) is 78.6 Å². The Morgan fingerprint density at radius 3 is 2.63 bits per heavy atom. The number of aryl methyl sites for hydroxylation is 1. The first-order valence-corrected chi connectivity index (χ1v) is 14.8. The van der Waals surface area contributed by atoms with Gasteiger partial charge in [0.2, 0.25) is 5.76 Å². The summed E-state index contributed by atoms with van der Waals surface area (Å²) in [7, 11) is 1.28. The van der Waals surface area contributed by atoms with Gasteiger partial charge in [0.1, 0.15) is 10.5 Å². The molecule has 2 aromatic heterocycles. The summed E-state index contributed by atoms with van der Waals surface area (Å²) < 4.78 is 23.6. The van der Waals surface area contributed by atoms with Crippen molar-refractivity contribution < 1.29 is 28.2 Å². The summed E-state index contributed by atoms with van der Waals surface area (Å²) in [6.45, 7) is 8.70. The molecule has 1 amide bonds. The fourth-order valence-corrected chi connectivity index (χ4v) is 6.08. The molecular formula is C30H29BrN2O7S. The van der Waals surface area contributed by atoms with Gasteiger partial charge >= 0.3 is 5.97 Å². The van der Waals surface area contributed by atoms with Crippen LogP contribution in [0, 0.1) is 12.8 Å². The quantitative estimate of drug-likeness (QED) is 0.186. The summed E-state index contributed by atoms with van der Waals surface area (Å²) in [5.41, 5.74) is 1.16. The number of anilines is 1. The maximum absolute atomic E-state index is 14.0. The molecule has 0 spiro atoms. The minimum atomic E-state index is -0.892. The molecule has 41 heavy (non-hydrogen) atoms. The summed E-state index contributed by atoms with van der Waals surface area (Å²) in [5.74, 6) is 0.376. The largest absolute Gasteiger partial charge is 0.490 e. The zero-order valence-corrected chi connectivity index (χ0v) is 25.7. The smallest absolute Gasteiger partial charge is 0.350 e. The van der Waals surface area contributed by atoms with E-state index in [1.807, 2.05) is 6.92 Å². The summed E-state index contributed by atoms with van der Waals surface area (Å²) in [4.78, 5) is 46.5. The topological polar surface area (TPSA) is 108 Å². The van der Waals surface area contributed by atoms with Crippen LogP contribution in [0.3, 0.4) is 0 Å². The van der Waals surface area contributed by atoms with Crippen molar-refractivity contribution in [1.29, 1.82) is 0 Å². The van der Waals surface area contributed by atoms with E-state index < -0.39 is 17.9 Å². The Morgan fingerprint density at radius 1 is 1.15 bits per heavy atom. The van der Waals surface area contributed by atoms with E-state index in [9.17, 15) is 14.4 Å². The molecule has 0 bridgehead atoms. The van der Waals surface area contributed by atoms with Crippen LogP contribution in [0.2, 0.25) is 0 Å². The summed E-state index contributed by atoms with van der Waals surface area (Å²) in [6, 6.07) is 9.54. The Labute approximate surface area is 249 Å². The molecule has 1 aliphatic heterocycles. The average Bonchev–Trinajstić information content (AvgIpc) is 3.46. The van der Waals surface area contributed by atoms with Crippen LogP contribution in [0.1, 0.15) is 70.3 Å². The third-order valence-electron chi connectivity index (χ3n) is 6.73. The van der Waals surface area contributed by atoms with Gasteiger partial charge in [-0.1, -0.05) is 47.2 Å².